The number of carbonyl (C=O) groups is 4. The summed E-state index contributed by atoms with van der Waals surface area (Å²) in [6, 6.07) is 0. The summed E-state index contributed by atoms with van der Waals surface area (Å²) in [4.78, 5) is 72.3. The van der Waals surface area contributed by atoms with E-state index in [4.69, 9.17) is 37.0 Å². The molecule has 17 nitrogen and oxygen atoms in total. The lowest BCUT2D eigenvalue weighted by molar-refractivity contribution is -0.161. The first kappa shape index (κ1) is 84.1. The van der Waals surface area contributed by atoms with E-state index in [1.165, 1.54) is 122 Å². The molecule has 0 aliphatic rings. The van der Waals surface area contributed by atoms with Crippen LogP contribution in [-0.2, 0) is 65.4 Å². The number of aliphatic hydroxyl groups is 1. The van der Waals surface area contributed by atoms with Crippen molar-refractivity contribution in [2.75, 3.05) is 39.6 Å². The van der Waals surface area contributed by atoms with Gasteiger partial charge in [0, 0.05) is 25.7 Å². The molecule has 3 N–H and O–H groups in total. The van der Waals surface area contributed by atoms with E-state index in [9.17, 15) is 43.2 Å². The molecule has 0 fully saturated rings. The monoisotopic (exact) mass is 1270 g/mol. The van der Waals surface area contributed by atoms with Crippen molar-refractivity contribution in [1.82, 2.24) is 0 Å². The molecule has 86 heavy (non-hydrogen) atoms. The van der Waals surface area contributed by atoms with E-state index in [0.717, 1.165) is 114 Å². The Balaban J connectivity index is 5.26. The minimum absolute atomic E-state index is 0.101. The second-order valence-corrected chi connectivity index (χ2v) is 28.6. The molecule has 0 saturated carbocycles. The predicted molar refractivity (Wildman–Crippen MR) is 344 cm³/mol. The van der Waals surface area contributed by atoms with Gasteiger partial charge in [0.1, 0.15) is 19.3 Å². The van der Waals surface area contributed by atoms with Crippen molar-refractivity contribution in [3.05, 3.63) is 0 Å². The third-order valence-electron chi connectivity index (χ3n) is 16.0. The number of unbranched alkanes of at least 4 members (excludes halogenated alkanes) is 28. The summed E-state index contributed by atoms with van der Waals surface area (Å²) in [5.41, 5.74) is 0. The molecule has 0 aromatic carbocycles. The number of rotatable bonds is 64. The largest absolute Gasteiger partial charge is 0.472 e. The van der Waals surface area contributed by atoms with Crippen LogP contribution in [0.1, 0.15) is 325 Å². The second kappa shape index (κ2) is 57.0. The summed E-state index contributed by atoms with van der Waals surface area (Å²) < 4.78 is 68.1. The highest BCUT2D eigenvalue weighted by Crippen LogP contribution is 2.45. The van der Waals surface area contributed by atoms with E-state index in [0.29, 0.717) is 31.6 Å². The third kappa shape index (κ3) is 58.4. The molecule has 7 atom stereocenters. The van der Waals surface area contributed by atoms with Gasteiger partial charge in [0.2, 0.25) is 0 Å². The zero-order valence-corrected chi connectivity index (χ0v) is 57.7. The van der Waals surface area contributed by atoms with E-state index in [1.54, 1.807) is 0 Å². The van der Waals surface area contributed by atoms with Crippen molar-refractivity contribution in [3.8, 4) is 0 Å². The first-order valence-electron chi connectivity index (χ1n) is 34.8. The Bertz CT molecular complexity index is 1720. The maximum atomic E-state index is 13.0. The Kier molecular flexibility index (Phi) is 55.7. The average molecular weight is 1270 g/mol. The number of hydrogen-bond donors (Lipinski definition) is 3. The molecule has 0 amide bonds. The Labute approximate surface area is 524 Å². The Hall–Kier alpha value is -1.94. The van der Waals surface area contributed by atoms with Crippen LogP contribution in [0.3, 0.4) is 0 Å². The molecule has 510 valence electrons. The summed E-state index contributed by atoms with van der Waals surface area (Å²) in [6.07, 6.45) is 37.7. The molecule has 0 aliphatic heterocycles. The number of carbonyl (C=O) groups excluding carboxylic acids is 4. The highest BCUT2D eigenvalue weighted by molar-refractivity contribution is 7.47. The molecule has 0 spiro atoms. The normalized spacial score (nSPS) is 15.0. The fourth-order valence-corrected chi connectivity index (χ4v) is 11.5. The number of phosphoric acid groups is 2. The second-order valence-electron chi connectivity index (χ2n) is 25.6. The minimum Gasteiger partial charge on any atom is -0.462 e. The molecule has 0 radical (unpaired) electrons. The molecule has 0 aromatic heterocycles. The van der Waals surface area contributed by atoms with Crippen molar-refractivity contribution < 1.29 is 80.2 Å². The van der Waals surface area contributed by atoms with Crippen LogP contribution in [-0.4, -0.2) is 96.7 Å². The minimum atomic E-state index is -4.95. The fourth-order valence-electron chi connectivity index (χ4n) is 9.89. The number of phosphoric ester groups is 2. The van der Waals surface area contributed by atoms with Gasteiger partial charge in [-0.2, -0.15) is 0 Å². The highest BCUT2D eigenvalue weighted by Gasteiger charge is 2.30. The van der Waals surface area contributed by atoms with Crippen LogP contribution < -0.4 is 0 Å². The van der Waals surface area contributed by atoms with Crippen LogP contribution in [0.15, 0.2) is 0 Å². The SMILES string of the molecule is CCC(C)CCCCCCCCCCCCC(=O)OC[C@H](COP(=O)(O)OC[C@@H](O)COP(=O)(O)OC[C@@H](COC(=O)CCCCCCCCC(C)C)OC(=O)CCCCCCCCC(C)CC)OC(=O)CCCCCCCCCCCCC(C)C. The number of aliphatic hydroxyl groups excluding tert-OH is 1. The van der Waals surface area contributed by atoms with E-state index in [-0.39, 0.29) is 25.7 Å². The van der Waals surface area contributed by atoms with Crippen LogP contribution in [0.5, 0.6) is 0 Å². The molecule has 0 saturated heterocycles. The van der Waals surface area contributed by atoms with Gasteiger partial charge in [-0.3, -0.25) is 37.3 Å². The first-order chi connectivity index (χ1) is 41.2. The van der Waals surface area contributed by atoms with E-state index < -0.39 is 97.5 Å². The quantitative estimate of drug-likeness (QED) is 0.0222. The Morgan fingerprint density at radius 1 is 0.326 bits per heavy atom. The van der Waals surface area contributed by atoms with Crippen LogP contribution in [0, 0.1) is 23.7 Å². The molecule has 19 heteroatoms. The topological polar surface area (TPSA) is 237 Å². The lowest BCUT2D eigenvalue weighted by Crippen LogP contribution is -2.30. The molecular formula is C67H130O17P2. The summed E-state index contributed by atoms with van der Waals surface area (Å²) in [5.74, 6) is 0.823. The van der Waals surface area contributed by atoms with Crippen LogP contribution in [0.2, 0.25) is 0 Å². The summed E-state index contributed by atoms with van der Waals surface area (Å²) in [6.45, 7) is 14.0. The van der Waals surface area contributed by atoms with Crippen molar-refractivity contribution in [3.63, 3.8) is 0 Å². The lowest BCUT2D eigenvalue weighted by Gasteiger charge is -2.21. The van der Waals surface area contributed by atoms with Crippen LogP contribution in [0.4, 0.5) is 0 Å². The van der Waals surface area contributed by atoms with Gasteiger partial charge >= 0.3 is 39.5 Å². The van der Waals surface area contributed by atoms with Gasteiger partial charge in [0.25, 0.3) is 0 Å². The van der Waals surface area contributed by atoms with Crippen LogP contribution in [0.25, 0.3) is 0 Å². The smallest absolute Gasteiger partial charge is 0.462 e. The summed E-state index contributed by atoms with van der Waals surface area (Å²) >= 11 is 0. The lowest BCUT2D eigenvalue weighted by atomic mass is 9.99. The van der Waals surface area contributed by atoms with E-state index in [1.807, 2.05) is 0 Å². The summed E-state index contributed by atoms with van der Waals surface area (Å²) in [7, 11) is -9.90. The number of hydrogen-bond acceptors (Lipinski definition) is 15. The maximum Gasteiger partial charge on any atom is 0.472 e. The molecule has 0 rings (SSSR count). The Morgan fingerprint density at radius 3 is 0.826 bits per heavy atom. The van der Waals surface area contributed by atoms with E-state index >= 15 is 0 Å². The van der Waals surface area contributed by atoms with Gasteiger partial charge in [-0.05, 0) is 49.4 Å². The average Bonchev–Trinajstić information content (AvgIpc) is 3.61. The molecular weight excluding hydrogens is 1140 g/mol. The number of esters is 4. The number of ether oxygens (including phenoxy) is 4. The van der Waals surface area contributed by atoms with E-state index in [2.05, 4.69) is 55.4 Å². The van der Waals surface area contributed by atoms with Crippen LogP contribution >= 0.6 is 15.6 Å². The van der Waals surface area contributed by atoms with Gasteiger partial charge in [0.05, 0.1) is 26.4 Å². The first-order valence-corrected chi connectivity index (χ1v) is 37.8. The van der Waals surface area contributed by atoms with Gasteiger partial charge < -0.3 is 33.8 Å². The molecule has 4 unspecified atom stereocenters. The fraction of sp³-hybridized carbons (Fsp3) is 0.940. The Morgan fingerprint density at radius 2 is 0.558 bits per heavy atom. The van der Waals surface area contributed by atoms with Crippen molar-refractivity contribution in [2.45, 2.75) is 343 Å². The third-order valence-corrected chi connectivity index (χ3v) is 17.9. The highest BCUT2D eigenvalue weighted by atomic mass is 31.2. The maximum absolute atomic E-state index is 13.0. The molecule has 0 bridgehead atoms. The zero-order valence-electron chi connectivity index (χ0n) is 55.9. The molecule has 0 aliphatic carbocycles. The predicted octanol–water partition coefficient (Wildman–Crippen LogP) is 18.5. The van der Waals surface area contributed by atoms with Crippen molar-refractivity contribution in [1.29, 1.82) is 0 Å². The summed E-state index contributed by atoms with van der Waals surface area (Å²) in [5, 5.41) is 10.6. The van der Waals surface area contributed by atoms with Gasteiger partial charge in [-0.1, -0.05) is 274 Å². The standard InChI is InChI=1S/C67H130O17P2/c1-9-59(7)45-37-29-20-16-12-14-17-21-31-39-47-64(69)77-53-62(83-66(71)49-41-33-22-18-13-11-15-19-27-35-43-57(3)4)55-81-85(73,74)79-51-61(68)52-80-86(75,76)82-56-63(54-78-65(70)48-40-32-25-23-28-36-44-58(5)6)84-67(72)50-42-34-26-24-30-38-46-60(8)10-2/h57-63,68H,9-56H2,1-8H3,(H,73,74)(H,75,76)/t59?,60?,61-,62-,63-/m1/s1. The zero-order chi connectivity index (χ0) is 63.9. The van der Waals surface area contributed by atoms with Gasteiger partial charge in [0.15, 0.2) is 12.2 Å². The van der Waals surface area contributed by atoms with Crippen molar-refractivity contribution >= 4 is 39.5 Å². The van der Waals surface area contributed by atoms with Gasteiger partial charge in [-0.25, -0.2) is 9.13 Å². The molecule has 0 aromatic rings. The van der Waals surface area contributed by atoms with Gasteiger partial charge in [-0.15, -0.1) is 0 Å². The van der Waals surface area contributed by atoms with Crippen molar-refractivity contribution in [2.24, 2.45) is 23.7 Å². The molecule has 0 heterocycles.